The highest BCUT2D eigenvalue weighted by atomic mass is 16.6. The van der Waals surface area contributed by atoms with Gasteiger partial charge in [-0.05, 0) is 25.3 Å². The quantitative estimate of drug-likeness (QED) is 0.504. The van der Waals surface area contributed by atoms with E-state index >= 15 is 0 Å². The van der Waals surface area contributed by atoms with Crippen LogP contribution in [0.15, 0.2) is 40.7 Å². The van der Waals surface area contributed by atoms with Crippen LogP contribution in [0.25, 0.3) is 0 Å². The van der Waals surface area contributed by atoms with E-state index < -0.39 is 16.8 Å². The number of nitro groups is 1. The van der Waals surface area contributed by atoms with Crippen molar-refractivity contribution in [3.8, 4) is 0 Å². The number of carbonyl (C=O) groups is 2. The zero-order chi connectivity index (χ0) is 17.7. The van der Waals surface area contributed by atoms with Crippen LogP contribution in [0.5, 0.6) is 0 Å². The monoisotopic (exact) mass is 340 g/mol. The van der Waals surface area contributed by atoms with E-state index in [1.165, 1.54) is 6.07 Å². The summed E-state index contributed by atoms with van der Waals surface area (Å²) in [5, 5.41) is 14.5. The fourth-order valence-corrected chi connectivity index (χ4v) is 3.80. The van der Waals surface area contributed by atoms with Gasteiger partial charge in [-0.2, -0.15) is 0 Å². The number of ketones is 1. The van der Waals surface area contributed by atoms with Crippen LogP contribution in [0.2, 0.25) is 0 Å². The number of nitrogens with zero attached hydrogens (tertiary/aromatic N) is 1. The normalized spacial score (nSPS) is 22.4. The smallest absolute Gasteiger partial charge is 0.337 e. The molecule has 1 aromatic rings. The second-order valence-corrected chi connectivity index (χ2v) is 6.50. The molecule has 0 spiro atoms. The van der Waals surface area contributed by atoms with Gasteiger partial charge < -0.3 is 10.1 Å². The van der Waals surface area contributed by atoms with Crippen LogP contribution in [0, 0.1) is 17.0 Å². The first-order valence-corrected chi connectivity index (χ1v) is 8.15. The molecule has 1 unspecified atom stereocenters. The molecule has 1 aromatic carbocycles. The van der Waals surface area contributed by atoms with E-state index in [1.54, 1.807) is 19.1 Å². The molecule has 0 bridgehead atoms. The van der Waals surface area contributed by atoms with E-state index in [0.717, 1.165) is 18.5 Å². The average molecular weight is 340 g/mol. The number of aryl methyl sites for hydroxylation is 1. The van der Waals surface area contributed by atoms with Crippen LogP contribution >= 0.6 is 0 Å². The summed E-state index contributed by atoms with van der Waals surface area (Å²) in [5.74, 6) is -1.10. The zero-order valence-corrected chi connectivity index (χ0v) is 13.6. The third-order valence-electron chi connectivity index (χ3n) is 4.99. The third kappa shape index (κ3) is 2.34. The van der Waals surface area contributed by atoms with Crippen LogP contribution < -0.4 is 5.32 Å². The summed E-state index contributed by atoms with van der Waals surface area (Å²) in [5.41, 5.74) is 3.50. The Morgan fingerprint density at radius 1 is 1.20 bits per heavy atom. The van der Waals surface area contributed by atoms with Gasteiger partial charge in [0.25, 0.3) is 5.69 Å². The van der Waals surface area contributed by atoms with Crippen molar-refractivity contribution < 1.29 is 19.2 Å². The van der Waals surface area contributed by atoms with E-state index in [9.17, 15) is 19.7 Å². The van der Waals surface area contributed by atoms with E-state index in [2.05, 4.69) is 5.32 Å². The second-order valence-electron chi connectivity index (χ2n) is 6.50. The number of ether oxygens (including phenoxy) is 1. The van der Waals surface area contributed by atoms with Crippen molar-refractivity contribution in [2.45, 2.75) is 32.1 Å². The van der Waals surface area contributed by atoms with Crippen molar-refractivity contribution in [2.24, 2.45) is 0 Å². The Morgan fingerprint density at radius 3 is 2.76 bits per heavy atom. The molecule has 25 heavy (non-hydrogen) atoms. The van der Waals surface area contributed by atoms with Crippen LogP contribution in [-0.2, 0) is 14.3 Å². The average Bonchev–Trinajstić information content (AvgIpc) is 2.94. The molecule has 7 heteroatoms. The maximum Gasteiger partial charge on any atom is 0.337 e. The summed E-state index contributed by atoms with van der Waals surface area (Å²) >= 11 is 0. The minimum atomic E-state index is -0.603. The number of hydrogen-bond acceptors (Lipinski definition) is 6. The number of hydrogen-bond donors (Lipinski definition) is 1. The minimum absolute atomic E-state index is 0.0186. The molecule has 4 rings (SSSR count). The Labute approximate surface area is 143 Å². The molecule has 0 saturated carbocycles. The number of nitro benzene ring substituents is 1. The van der Waals surface area contributed by atoms with Gasteiger partial charge in [0.2, 0.25) is 0 Å². The molecule has 0 saturated heterocycles. The zero-order valence-electron chi connectivity index (χ0n) is 13.6. The van der Waals surface area contributed by atoms with Gasteiger partial charge in [-0.1, -0.05) is 12.1 Å². The maximum atomic E-state index is 12.6. The number of benzene rings is 1. The number of rotatable bonds is 2. The van der Waals surface area contributed by atoms with Gasteiger partial charge in [-0.15, -0.1) is 0 Å². The lowest BCUT2D eigenvalue weighted by Crippen LogP contribution is -2.32. The lowest BCUT2D eigenvalue weighted by Gasteiger charge is -2.31. The van der Waals surface area contributed by atoms with Crippen molar-refractivity contribution >= 4 is 17.4 Å². The number of carbonyl (C=O) groups excluding carboxylic acids is 2. The summed E-state index contributed by atoms with van der Waals surface area (Å²) in [4.78, 5) is 35.7. The van der Waals surface area contributed by atoms with Crippen molar-refractivity contribution in [3.05, 3.63) is 62.0 Å². The molecule has 128 valence electrons. The van der Waals surface area contributed by atoms with Crippen LogP contribution in [-0.4, -0.2) is 23.3 Å². The highest BCUT2D eigenvalue weighted by molar-refractivity contribution is 6.04. The predicted octanol–water partition coefficient (Wildman–Crippen LogP) is 2.41. The minimum Gasteiger partial charge on any atom is -0.456 e. The van der Waals surface area contributed by atoms with E-state index in [-0.39, 0.29) is 18.1 Å². The van der Waals surface area contributed by atoms with Crippen LogP contribution in [0.3, 0.4) is 0 Å². The van der Waals surface area contributed by atoms with Gasteiger partial charge in [0.15, 0.2) is 5.78 Å². The molecule has 2 aliphatic heterocycles. The maximum absolute atomic E-state index is 12.6. The molecular formula is C18H16N2O5. The second kappa shape index (κ2) is 5.54. The topological polar surface area (TPSA) is 98.5 Å². The number of nitrogens with one attached hydrogen (secondary N) is 1. The number of cyclic esters (lactones) is 1. The van der Waals surface area contributed by atoms with Crippen LogP contribution in [0.4, 0.5) is 5.69 Å². The van der Waals surface area contributed by atoms with Gasteiger partial charge in [0.1, 0.15) is 6.61 Å². The van der Waals surface area contributed by atoms with Gasteiger partial charge in [-0.3, -0.25) is 14.9 Å². The van der Waals surface area contributed by atoms with Gasteiger partial charge in [-0.25, -0.2) is 4.79 Å². The molecule has 3 aliphatic rings. The Hall–Kier alpha value is -2.96. The van der Waals surface area contributed by atoms with Crippen molar-refractivity contribution in [1.82, 2.24) is 5.32 Å². The Morgan fingerprint density at radius 2 is 2.00 bits per heavy atom. The number of allylic oxidation sites excluding steroid dienone is 2. The van der Waals surface area contributed by atoms with Crippen LogP contribution in [0.1, 0.15) is 36.3 Å². The van der Waals surface area contributed by atoms with E-state index in [1.807, 2.05) is 0 Å². The number of esters is 1. The molecule has 0 amide bonds. The largest absolute Gasteiger partial charge is 0.456 e. The highest BCUT2D eigenvalue weighted by Gasteiger charge is 2.43. The predicted molar refractivity (Wildman–Crippen MR) is 87.6 cm³/mol. The summed E-state index contributed by atoms with van der Waals surface area (Å²) in [6, 6.07) is 4.87. The van der Waals surface area contributed by atoms with E-state index in [0.29, 0.717) is 34.4 Å². The number of dihydropyridines is 1. The molecular weight excluding hydrogens is 324 g/mol. The van der Waals surface area contributed by atoms with Gasteiger partial charge in [0.05, 0.1) is 16.2 Å². The fourth-order valence-electron chi connectivity index (χ4n) is 3.80. The summed E-state index contributed by atoms with van der Waals surface area (Å²) in [6.45, 7) is 1.80. The Bertz CT molecular complexity index is 897. The highest BCUT2D eigenvalue weighted by Crippen LogP contribution is 2.44. The number of Topliss-reactive ketones (excluding diaryl/α,β-unsaturated/α-hetero) is 1. The Kier molecular flexibility index (Phi) is 3.45. The third-order valence-corrected chi connectivity index (χ3v) is 4.99. The molecule has 0 fully saturated rings. The van der Waals surface area contributed by atoms with Crippen molar-refractivity contribution in [2.75, 3.05) is 6.61 Å². The molecule has 1 atom stereocenters. The SMILES string of the molecule is Cc1ccc(C2C3=C(CCCC3=O)NC3=C2C(=O)OC3)cc1[N+](=O)[O-]. The fraction of sp³-hybridized carbons (Fsp3) is 0.333. The summed E-state index contributed by atoms with van der Waals surface area (Å²) < 4.78 is 5.15. The van der Waals surface area contributed by atoms with Gasteiger partial charge in [0, 0.05) is 35.2 Å². The molecule has 0 aromatic heterocycles. The molecule has 2 heterocycles. The first-order chi connectivity index (χ1) is 12.0. The standard InChI is InChI=1S/C18H16N2O5/c1-9-5-6-10(7-13(9)20(23)24)15-16-11(3-2-4-14(16)21)19-12-8-25-18(22)17(12)15/h5-7,15,19H,2-4,8H2,1H3. The lowest BCUT2D eigenvalue weighted by atomic mass is 9.75. The molecule has 1 N–H and O–H groups in total. The van der Waals surface area contributed by atoms with Crippen molar-refractivity contribution in [1.29, 1.82) is 0 Å². The van der Waals surface area contributed by atoms with E-state index in [4.69, 9.17) is 4.74 Å². The molecule has 7 nitrogen and oxygen atoms in total. The van der Waals surface area contributed by atoms with Gasteiger partial charge >= 0.3 is 5.97 Å². The Balaban J connectivity index is 1.92. The first-order valence-electron chi connectivity index (χ1n) is 8.15. The first kappa shape index (κ1) is 15.6. The molecule has 1 aliphatic carbocycles. The summed E-state index contributed by atoms with van der Waals surface area (Å²) in [6.07, 6.45) is 1.89. The summed E-state index contributed by atoms with van der Waals surface area (Å²) in [7, 11) is 0. The lowest BCUT2D eigenvalue weighted by molar-refractivity contribution is -0.385. The van der Waals surface area contributed by atoms with Crippen molar-refractivity contribution in [3.63, 3.8) is 0 Å². The molecule has 0 radical (unpaired) electrons.